The summed E-state index contributed by atoms with van der Waals surface area (Å²) in [4.78, 5) is 12.3. The number of benzene rings is 1. The minimum absolute atomic E-state index is 0.00356. The molecule has 0 radical (unpaired) electrons. The SMILES string of the molecule is CC[C@@H](C)[C@H](C)NC(=O)c1cc(C)c(C)c(S(N)(=O)=O)c1. The zero-order valence-electron chi connectivity index (χ0n) is 13.2. The van der Waals surface area contributed by atoms with Gasteiger partial charge in [-0.3, -0.25) is 4.79 Å². The minimum Gasteiger partial charge on any atom is -0.349 e. The zero-order valence-corrected chi connectivity index (χ0v) is 14.0. The summed E-state index contributed by atoms with van der Waals surface area (Å²) in [7, 11) is -3.84. The Morgan fingerprint density at radius 1 is 1.29 bits per heavy atom. The van der Waals surface area contributed by atoms with Gasteiger partial charge in [0.2, 0.25) is 10.0 Å². The maximum atomic E-state index is 12.3. The molecule has 1 aromatic carbocycles. The van der Waals surface area contributed by atoms with Crippen LogP contribution in [-0.2, 0) is 10.0 Å². The molecule has 0 aliphatic carbocycles. The molecular weight excluding hydrogens is 288 g/mol. The van der Waals surface area contributed by atoms with Crippen LogP contribution < -0.4 is 10.5 Å². The van der Waals surface area contributed by atoms with Gasteiger partial charge in [0.1, 0.15) is 0 Å². The number of sulfonamides is 1. The van der Waals surface area contributed by atoms with E-state index < -0.39 is 10.0 Å². The van der Waals surface area contributed by atoms with Crippen LogP contribution in [-0.4, -0.2) is 20.4 Å². The Morgan fingerprint density at radius 2 is 1.86 bits per heavy atom. The predicted molar refractivity (Wildman–Crippen MR) is 83.7 cm³/mol. The quantitative estimate of drug-likeness (QED) is 0.872. The predicted octanol–water partition coefficient (Wildman–Crippen LogP) is 2.12. The van der Waals surface area contributed by atoms with E-state index in [0.717, 1.165) is 12.0 Å². The molecule has 0 fully saturated rings. The smallest absolute Gasteiger partial charge is 0.251 e. The Bertz CT molecular complexity index is 639. The lowest BCUT2D eigenvalue weighted by molar-refractivity contribution is 0.0928. The van der Waals surface area contributed by atoms with Crippen molar-refractivity contribution in [1.29, 1.82) is 0 Å². The first-order valence-electron chi connectivity index (χ1n) is 7.02. The number of amides is 1. The van der Waals surface area contributed by atoms with Crippen molar-refractivity contribution in [3.05, 3.63) is 28.8 Å². The lowest BCUT2D eigenvalue weighted by atomic mass is 10.00. The van der Waals surface area contributed by atoms with Crippen LogP contribution in [0.4, 0.5) is 0 Å². The normalized spacial score (nSPS) is 14.6. The van der Waals surface area contributed by atoms with Crippen molar-refractivity contribution in [1.82, 2.24) is 5.32 Å². The van der Waals surface area contributed by atoms with Crippen molar-refractivity contribution in [2.75, 3.05) is 0 Å². The molecule has 118 valence electrons. The highest BCUT2D eigenvalue weighted by Crippen LogP contribution is 2.20. The molecule has 0 saturated heterocycles. The Hall–Kier alpha value is -1.40. The van der Waals surface area contributed by atoms with Gasteiger partial charge in [-0.05, 0) is 49.9 Å². The number of nitrogens with two attached hydrogens (primary N) is 1. The molecule has 0 aliphatic rings. The molecule has 0 aromatic heterocycles. The molecule has 5 nitrogen and oxygen atoms in total. The second-order valence-electron chi connectivity index (χ2n) is 5.61. The van der Waals surface area contributed by atoms with E-state index in [-0.39, 0.29) is 16.8 Å². The average Bonchev–Trinajstić information content (AvgIpc) is 2.38. The van der Waals surface area contributed by atoms with E-state index in [9.17, 15) is 13.2 Å². The standard InChI is InChI=1S/C15H24N2O3S/c1-6-9(2)12(5)17-15(18)13-7-10(3)11(4)14(8-13)21(16,19)20/h7-9,12H,6H2,1-5H3,(H,17,18)(H2,16,19,20)/t9-,12+/m1/s1. The molecule has 0 aliphatic heterocycles. The van der Waals surface area contributed by atoms with E-state index in [1.165, 1.54) is 6.07 Å². The van der Waals surface area contributed by atoms with Gasteiger partial charge in [-0.25, -0.2) is 13.6 Å². The number of primary sulfonamides is 1. The molecule has 3 N–H and O–H groups in total. The Kier molecular flexibility index (Phi) is 5.53. The molecular formula is C15H24N2O3S. The van der Waals surface area contributed by atoms with Crippen LogP contribution >= 0.6 is 0 Å². The van der Waals surface area contributed by atoms with Crippen LogP contribution in [0, 0.1) is 19.8 Å². The topological polar surface area (TPSA) is 89.3 Å². The number of nitrogens with one attached hydrogen (secondary N) is 1. The molecule has 1 aromatic rings. The first-order valence-corrected chi connectivity index (χ1v) is 8.57. The number of carbonyl (C=O) groups is 1. The third kappa shape index (κ3) is 4.28. The van der Waals surface area contributed by atoms with Crippen LogP contribution in [0.1, 0.15) is 48.7 Å². The van der Waals surface area contributed by atoms with Gasteiger partial charge in [0.25, 0.3) is 5.91 Å². The first-order chi connectivity index (χ1) is 9.57. The highest BCUT2D eigenvalue weighted by Gasteiger charge is 2.19. The minimum atomic E-state index is -3.84. The van der Waals surface area contributed by atoms with Crippen LogP contribution in [0.25, 0.3) is 0 Å². The van der Waals surface area contributed by atoms with Crippen molar-refractivity contribution in [2.24, 2.45) is 11.1 Å². The van der Waals surface area contributed by atoms with Gasteiger partial charge in [-0.2, -0.15) is 0 Å². The molecule has 0 unspecified atom stereocenters. The molecule has 0 spiro atoms. The number of hydrogen-bond donors (Lipinski definition) is 2. The number of carbonyl (C=O) groups excluding carboxylic acids is 1. The molecule has 0 bridgehead atoms. The Balaban J connectivity index is 3.15. The monoisotopic (exact) mass is 312 g/mol. The maximum Gasteiger partial charge on any atom is 0.251 e. The van der Waals surface area contributed by atoms with E-state index in [0.29, 0.717) is 17.0 Å². The van der Waals surface area contributed by atoms with Gasteiger partial charge in [-0.15, -0.1) is 0 Å². The van der Waals surface area contributed by atoms with Crippen molar-refractivity contribution in [3.63, 3.8) is 0 Å². The van der Waals surface area contributed by atoms with Crippen molar-refractivity contribution in [2.45, 2.75) is 52.0 Å². The van der Waals surface area contributed by atoms with Gasteiger partial charge in [-0.1, -0.05) is 20.3 Å². The summed E-state index contributed by atoms with van der Waals surface area (Å²) >= 11 is 0. The summed E-state index contributed by atoms with van der Waals surface area (Å²) < 4.78 is 23.2. The van der Waals surface area contributed by atoms with E-state index in [2.05, 4.69) is 19.2 Å². The van der Waals surface area contributed by atoms with Gasteiger partial charge in [0, 0.05) is 11.6 Å². The fourth-order valence-electron chi connectivity index (χ4n) is 2.04. The summed E-state index contributed by atoms with van der Waals surface area (Å²) in [6, 6.07) is 3.04. The second kappa shape index (κ2) is 6.58. The lowest BCUT2D eigenvalue weighted by Gasteiger charge is -2.20. The Labute approximate surface area is 127 Å². The highest BCUT2D eigenvalue weighted by atomic mass is 32.2. The maximum absolute atomic E-state index is 12.3. The zero-order chi connectivity index (χ0) is 16.4. The van der Waals surface area contributed by atoms with Crippen LogP contribution in [0.2, 0.25) is 0 Å². The van der Waals surface area contributed by atoms with Crippen molar-refractivity contribution < 1.29 is 13.2 Å². The van der Waals surface area contributed by atoms with Gasteiger partial charge >= 0.3 is 0 Å². The summed E-state index contributed by atoms with van der Waals surface area (Å²) in [5, 5.41) is 8.10. The van der Waals surface area contributed by atoms with E-state index in [4.69, 9.17) is 5.14 Å². The third-order valence-electron chi connectivity index (χ3n) is 4.04. The van der Waals surface area contributed by atoms with E-state index >= 15 is 0 Å². The number of rotatable bonds is 5. The summed E-state index contributed by atoms with van der Waals surface area (Å²) in [6.07, 6.45) is 0.955. The number of hydrogen-bond acceptors (Lipinski definition) is 3. The van der Waals surface area contributed by atoms with Crippen molar-refractivity contribution in [3.8, 4) is 0 Å². The van der Waals surface area contributed by atoms with Gasteiger partial charge < -0.3 is 5.32 Å². The van der Waals surface area contributed by atoms with Crippen LogP contribution in [0.15, 0.2) is 17.0 Å². The second-order valence-corrected chi connectivity index (χ2v) is 7.14. The highest BCUT2D eigenvalue weighted by molar-refractivity contribution is 7.89. The van der Waals surface area contributed by atoms with Crippen LogP contribution in [0.5, 0.6) is 0 Å². The molecule has 21 heavy (non-hydrogen) atoms. The first kappa shape index (κ1) is 17.7. The van der Waals surface area contributed by atoms with Gasteiger partial charge in [0.05, 0.1) is 4.90 Å². The average molecular weight is 312 g/mol. The van der Waals surface area contributed by atoms with Crippen LogP contribution in [0.3, 0.4) is 0 Å². The van der Waals surface area contributed by atoms with Crippen molar-refractivity contribution >= 4 is 15.9 Å². The number of aryl methyl sites for hydroxylation is 1. The molecule has 2 atom stereocenters. The summed E-state index contributed by atoms with van der Waals surface area (Å²) in [5.41, 5.74) is 1.61. The molecule has 6 heteroatoms. The summed E-state index contributed by atoms with van der Waals surface area (Å²) in [5.74, 6) is 0.0639. The van der Waals surface area contributed by atoms with E-state index in [1.54, 1.807) is 19.9 Å². The van der Waals surface area contributed by atoms with Gasteiger partial charge in [0.15, 0.2) is 0 Å². The molecule has 0 saturated carbocycles. The molecule has 0 heterocycles. The lowest BCUT2D eigenvalue weighted by Crippen LogP contribution is -2.37. The van der Waals surface area contributed by atoms with E-state index in [1.807, 2.05) is 6.92 Å². The largest absolute Gasteiger partial charge is 0.349 e. The molecule has 1 amide bonds. The fraction of sp³-hybridized carbons (Fsp3) is 0.533. The molecule has 1 rings (SSSR count). The Morgan fingerprint density at radius 3 is 2.33 bits per heavy atom. The fourth-order valence-corrected chi connectivity index (χ4v) is 2.92. The third-order valence-corrected chi connectivity index (χ3v) is 5.08. The summed E-state index contributed by atoms with van der Waals surface area (Å²) in [6.45, 7) is 9.49.